The highest BCUT2D eigenvalue weighted by molar-refractivity contribution is 6.04. The summed E-state index contributed by atoms with van der Waals surface area (Å²) in [6.07, 6.45) is 2.56. The van der Waals surface area contributed by atoms with Crippen LogP contribution in [0.4, 0.5) is 0 Å². The summed E-state index contributed by atoms with van der Waals surface area (Å²) < 4.78 is 0. The highest BCUT2D eigenvalue weighted by atomic mass is 16.4. The van der Waals surface area contributed by atoms with Crippen molar-refractivity contribution in [2.75, 3.05) is 13.1 Å². The monoisotopic (exact) mass is 343 g/mol. The van der Waals surface area contributed by atoms with Crippen molar-refractivity contribution in [3.63, 3.8) is 0 Å². The Balaban J connectivity index is 2.18. The molecular formula is C21H29NO3. The predicted molar refractivity (Wildman–Crippen MR) is 99.8 cm³/mol. The van der Waals surface area contributed by atoms with E-state index in [0.717, 1.165) is 18.7 Å². The van der Waals surface area contributed by atoms with E-state index in [1.54, 1.807) is 6.08 Å². The Labute approximate surface area is 150 Å². The summed E-state index contributed by atoms with van der Waals surface area (Å²) >= 11 is 0. The second-order valence-electron chi connectivity index (χ2n) is 8.73. The summed E-state index contributed by atoms with van der Waals surface area (Å²) in [4.78, 5) is 25.5. The lowest BCUT2D eigenvalue weighted by atomic mass is 9.86. The van der Waals surface area contributed by atoms with Gasteiger partial charge in [0.05, 0.1) is 6.42 Å². The topological polar surface area (TPSA) is 57.6 Å². The normalized spacial score (nSPS) is 18.6. The van der Waals surface area contributed by atoms with E-state index < -0.39 is 5.97 Å². The van der Waals surface area contributed by atoms with E-state index in [0.29, 0.717) is 12.1 Å². The molecule has 0 spiro atoms. The molecule has 25 heavy (non-hydrogen) atoms. The van der Waals surface area contributed by atoms with Crippen LogP contribution in [0.25, 0.3) is 0 Å². The van der Waals surface area contributed by atoms with Gasteiger partial charge in [-0.3, -0.25) is 9.59 Å². The molecule has 1 aromatic carbocycles. The van der Waals surface area contributed by atoms with Crippen LogP contribution in [-0.4, -0.2) is 34.8 Å². The lowest BCUT2D eigenvalue weighted by Crippen LogP contribution is -2.25. The van der Waals surface area contributed by atoms with Gasteiger partial charge in [-0.15, -0.1) is 0 Å². The summed E-state index contributed by atoms with van der Waals surface area (Å²) in [5, 5.41) is 8.93. The second-order valence-corrected chi connectivity index (χ2v) is 8.73. The fraction of sp³-hybridized carbons (Fsp3) is 0.524. The lowest BCUT2D eigenvalue weighted by Gasteiger charge is -2.21. The Hall–Kier alpha value is -2.10. The molecule has 0 saturated carbocycles. The van der Waals surface area contributed by atoms with Crippen LogP contribution >= 0.6 is 0 Å². The van der Waals surface area contributed by atoms with Crippen LogP contribution in [0.3, 0.4) is 0 Å². The molecule has 0 atom stereocenters. The van der Waals surface area contributed by atoms with Gasteiger partial charge < -0.3 is 10.0 Å². The molecule has 1 saturated heterocycles. The molecule has 1 aliphatic heterocycles. The van der Waals surface area contributed by atoms with Crippen molar-refractivity contribution < 1.29 is 14.7 Å². The third kappa shape index (κ3) is 5.18. The average Bonchev–Trinajstić information content (AvgIpc) is 2.78. The number of benzene rings is 1. The third-order valence-corrected chi connectivity index (χ3v) is 4.61. The standard InChI is InChI=1S/C21H29NO3/c1-20(2,3)16-8-6-15(7-9-16)18(23)12-17-13-21(4,5)14-22(17)11-10-19(24)25/h6-9,12H,10-11,13-14H2,1-5H3,(H,24,25)/b17-12+. The van der Waals surface area contributed by atoms with Crippen LogP contribution in [0.2, 0.25) is 0 Å². The first kappa shape index (κ1) is 19.2. The van der Waals surface area contributed by atoms with Gasteiger partial charge in [0.1, 0.15) is 0 Å². The maximum atomic E-state index is 12.6. The van der Waals surface area contributed by atoms with Gasteiger partial charge in [0.2, 0.25) is 0 Å². The van der Waals surface area contributed by atoms with Crippen LogP contribution in [0, 0.1) is 5.41 Å². The molecule has 0 unspecified atom stereocenters. The Bertz CT molecular complexity index is 678. The largest absolute Gasteiger partial charge is 0.481 e. The SMILES string of the molecule is CC1(C)C/C(=C\C(=O)c2ccc(C(C)(C)C)cc2)N(CCC(=O)O)C1. The number of carboxylic acid groups (broad SMARTS) is 1. The van der Waals surface area contributed by atoms with Gasteiger partial charge in [-0.25, -0.2) is 0 Å². The summed E-state index contributed by atoms with van der Waals surface area (Å²) in [7, 11) is 0. The van der Waals surface area contributed by atoms with Gasteiger partial charge in [-0.05, 0) is 22.8 Å². The summed E-state index contributed by atoms with van der Waals surface area (Å²) in [6.45, 7) is 11.9. The van der Waals surface area contributed by atoms with Crippen LogP contribution in [0.5, 0.6) is 0 Å². The molecule has 136 valence electrons. The number of ketones is 1. The zero-order chi connectivity index (χ0) is 18.8. The minimum atomic E-state index is -0.812. The molecule has 1 aliphatic rings. The van der Waals surface area contributed by atoms with Crippen molar-refractivity contribution >= 4 is 11.8 Å². The van der Waals surface area contributed by atoms with Gasteiger partial charge in [0, 0.05) is 30.4 Å². The molecule has 4 heteroatoms. The lowest BCUT2D eigenvalue weighted by molar-refractivity contribution is -0.137. The first-order valence-electron chi connectivity index (χ1n) is 8.80. The molecule has 0 bridgehead atoms. The Morgan fingerprint density at radius 1 is 1.20 bits per heavy atom. The predicted octanol–water partition coefficient (Wildman–Crippen LogP) is 4.26. The number of carbonyl (C=O) groups excluding carboxylic acids is 1. The summed E-state index contributed by atoms with van der Waals surface area (Å²) in [5.74, 6) is -0.832. The molecule has 0 amide bonds. The summed E-state index contributed by atoms with van der Waals surface area (Å²) in [6, 6.07) is 7.77. The van der Waals surface area contributed by atoms with E-state index in [1.807, 2.05) is 29.2 Å². The molecule has 0 aliphatic carbocycles. The van der Waals surface area contributed by atoms with E-state index in [2.05, 4.69) is 34.6 Å². The Morgan fingerprint density at radius 3 is 2.32 bits per heavy atom. The van der Waals surface area contributed by atoms with Crippen LogP contribution in [0.1, 0.15) is 63.4 Å². The maximum absolute atomic E-state index is 12.6. The number of carbonyl (C=O) groups is 2. The maximum Gasteiger partial charge on any atom is 0.305 e. The first-order chi connectivity index (χ1) is 11.5. The fourth-order valence-corrected chi connectivity index (χ4v) is 3.24. The minimum Gasteiger partial charge on any atom is -0.481 e. The molecule has 1 aromatic rings. The number of allylic oxidation sites excluding steroid dienone is 2. The van der Waals surface area contributed by atoms with Gasteiger partial charge in [-0.1, -0.05) is 58.9 Å². The number of carboxylic acids is 1. The van der Waals surface area contributed by atoms with E-state index in [4.69, 9.17) is 5.11 Å². The second kappa shape index (κ2) is 7.03. The van der Waals surface area contributed by atoms with Crippen LogP contribution in [0.15, 0.2) is 36.0 Å². The van der Waals surface area contributed by atoms with E-state index in [-0.39, 0.29) is 23.0 Å². The van der Waals surface area contributed by atoms with E-state index in [1.165, 1.54) is 5.56 Å². The number of rotatable bonds is 5. The number of aliphatic carboxylic acids is 1. The van der Waals surface area contributed by atoms with Crippen molar-refractivity contribution in [2.24, 2.45) is 5.41 Å². The van der Waals surface area contributed by atoms with Crippen molar-refractivity contribution in [2.45, 2.75) is 52.9 Å². The van der Waals surface area contributed by atoms with E-state index >= 15 is 0 Å². The molecular weight excluding hydrogens is 314 g/mol. The Morgan fingerprint density at radius 2 is 1.80 bits per heavy atom. The van der Waals surface area contributed by atoms with Crippen molar-refractivity contribution in [1.29, 1.82) is 0 Å². The zero-order valence-electron chi connectivity index (χ0n) is 15.9. The number of hydrogen-bond donors (Lipinski definition) is 1. The smallest absolute Gasteiger partial charge is 0.305 e. The van der Waals surface area contributed by atoms with Crippen LogP contribution < -0.4 is 0 Å². The summed E-state index contributed by atoms with van der Waals surface area (Å²) in [5.41, 5.74) is 2.92. The van der Waals surface area contributed by atoms with Gasteiger partial charge in [0.15, 0.2) is 5.78 Å². The third-order valence-electron chi connectivity index (χ3n) is 4.61. The molecule has 4 nitrogen and oxygen atoms in total. The number of hydrogen-bond acceptors (Lipinski definition) is 3. The first-order valence-corrected chi connectivity index (χ1v) is 8.80. The van der Waals surface area contributed by atoms with Crippen molar-refractivity contribution in [3.05, 3.63) is 47.2 Å². The van der Waals surface area contributed by atoms with Crippen molar-refractivity contribution in [1.82, 2.24) is 4.90 Å². The van der Waals surface area contributed by atoms with Gasteiger partial charge >= 0.3 is 5.97 Å². The molecule has 1 fully saturated rings. The molecule has 1 heterocycles. The molecule has 1 N–H and O–H groups in total. The molecule has 0 radical (unpaired) electrons. The van der Waals surface area contributed by atoms with Crippen LogP contribution in [-0.2, 0) is 10.2 Å². The highest BCUT2D eigenvalue weighted by Crippen LogP contribution is 2.36. The van der Waals surface area contributed by atoms with Crippen molar-refractivity contribution in [3.8, 4) is 0 Å². The van der Waals surface area contributed by atoms with E-state index in [9.17, 15) is 9.59 Å². The molecule has 2 rings (SSSR count). The fourth-order valence-electron chi connectivity index (χ4n) is 3.24. The van der Waals surface area contributed by atoms with Gasteiger partial charge in [0.25, 0.3) is 0 Å². The zero-order valence-corrected chi connectivity index (χ0v) is 15.9. The Kier molecular flexibility index (Phi) is 5.40. The minimum absolute atomic E-state index is 0.0199. The average molecular weight is 343 g/mol. The number of likely N-dealkylation sites (tertiary alicyclic amines) is 1. The highest BCUT2D eigenvalue weighted by Gasteiger charge is 2.33. The number of nitrogens with zero attached hydrogens (tertiary/aromatic N) is 1. The molecule has 0 aromatic heterocycles. The quantitative estimate of drug-likeness (QED) is 0.641. The van der Waals surface area contributed by atoms with Gasteiger partial charge in [-0.2, -0.15) is 0 Å².